The topological polar surface area (TPSA) is 29.4 Å². The molecule has 21 heavy (non-hydrogen) atoms. The van der Waals surface area contributed by atoms with Gasteiger partial charge < -0.3 is 0 Å². The van der Waals surface area contributed by atoms with Crippen molar-refractivity contribution in [3.63, 3.8) is 0 Å². The van der Waals surface area contributed by atoms with Crippen LogP contribution in [0.15, 0.2) is 35.3 Å². The number of Topliss-reactive ketones (excluding diaryl/α,β-unsaturated/α-hetero) is 1. The third kappa shape index (κ3) is 2.59. The van der Waals surface area contributed by atoms with Gasteiger partial charge in [-0.3, -0.25) is 9.79 Å². The summed E-state index contributed by atoms with van der Waals surface area (Å²) in [5.41, 5.74) is 1.28. The second-order valence-electron chi connectivity index (χ2n) is 4.75. The number of ketones is 1. The summed E-state index contributed by atoms with van der Waals surface area (Å²) >= 11 is 5.62. The smallest absolute Gasteiger partial charge is 0.165 e. The summed E-state index contributed by atoms with van der Waals surface area (Å²) in [6.07, 6.45) is 1.90. The Morgan fingerprint density at radius 3 is 2.52 bits per heavy atom. The third-order valence-electron chi connectivity index (χ3n) is 3.35. The first-order chi connectivity index (χ1) is 10.1. The molecule has 5 heteroatoms. The number of aliphatic imine (C=N–C) groups is 1. The van der Waals surface area contributed by atoms with Gasteiger partial charge in [-0.15, -0.1) is 0 Å². The van der Waals surface area contributed by atoms with E-state index in [0.717, 1.165) is 12.1 Å². The van der Waals surface area contributed by atoms with Crippen molar-refractivity contribution in [2.24, 2.45) is 4.99 Å². The lowest BCUT2D eigenvalue weighted by Gasteiger charge is -2.09. The van der Waals surface area contributed by atoms with E-state index in [2.05, 4.69) is 4.99 Å². The van der Waals surface area contributed by atoms with Crippen LogP contribution in [0.25, 0.3) is 11.1 Å². The summed E-state index contributed by atoms with van der Waals surface area (Å²) in [4.78, 5) is 16.0. The molecule has 3 rings (SSSR count). The molecule has 0 saturated heterocycles. The van der Waals surface area contributed by atoms with Crippen LogP contribution in [0.4, 0.5) is 8.78 Å². The fourth-order valence-electron chi connectivity index (χ4n) is 2.36. The fourth-order valence-corrected chi connectivity index (χ4v) is 2.55. The summed E-state index contributed by atoms with van der Waals surface area (Å²) in [6.45, 7) is 0.423. The molecule has 0 amide bonds. The van der Waals surface area contributed by atoms with E-state index in [-0.39, 0.29) is 16.4 Å². The molecule has 0 aliphatic carbocycles. The Balaban J connectivity index is 2.17. The second kappa shape index (κ2) is 5.37. The van der Waals surface area contributed by atoms with E-state index in [1.54, 1.807) is 18.3 Å². The fraction of sp³-hybridized carbons (Fsp3) is 0.125. The molecular formula is C16H10ClF2NO. The summed E-state index contributed by atoms with van der Waals surface area (Å²) in [7, 11) is 0. The van der Waals surface area contributed by atoms with Crippen molar-refractivity contribution in [2.45, 2.75) is 6.42 Å². The molecule has 0 saturated carbocycles. The predicted octanol–water partition coefficient (Wildman–Crippen LogP) is 4.29. The first-order valence-electron chi connectivity index (χ1n) is 6.38. The Bertz CT molecular complexity index is 748. The molecule has 0 atom stereocenters. The van der Waals surface area contributed by atoms with E-state index in [9.17, 15) is 13.6 Å². The van der Waals surface area contributed by atoms with Crippen LogP contribution in [0.2, 0.25) is 5.02 Å². The minimum Gasteiger partial charge on any atom is -0.294 e. The molecule has 0 aromatic heterocycles. The van der Waals surface area contributed by atoms with Crippen LogP contribution < -0.4 is 0 Å². The van der Waals surface area contributed by atoms with Gasteiger partial charge in [0, 0.05) is 35.3 Å². The largest absolute Gasteiger partial charge is 0.294 e. The maximum absolute atomic E-state index is 14.0. The number of carbonyl (C=O) groups is 1. The molecule has 2 nitrogen and oxygen atoms in total. The quantitative estimate of drug-likeness (QED) is 0.773. The predicted molar refractivity (Wildman–Crippen MR) is 78.2 cm³/mol. The highest BCUT2D eigenvalue weighted by Gasteiger charge is 2.17. The Labute approximate surface area is 125 Å². The first kappa shape index (κ1) is 13.9. The SMILES string of the molecule is O=C1CCN=Cc2cc(-c3c(F)cc(Cl)cc3F)ccc21. The molecule has 1 heterocycles. The van der Waals surface area contributed by atoms with Crippen LogP contribution in [-0.4, -0.2) is 18.5 Å². The summed E-state index contributed by atoms with van der Waals surface area (Å²) in [6, 6.07) is 6.80. The number of halogens is 3. The summed E-state index contributed by atoms with van der Waals surface area (Å²) < 4.78 is 27.9. The highest BCUT2D eigenvalue weighted by atomic mass is 35.5. The van der Waals surface area contributed by atoms with Crippen molar-refractivity contribution >= 4 is 23.6 Å². The van der Waals surface area contributed by atoms with Crippen LogP contribution in [0, 0.1) is 11.6 Å². The Hall–Kier alpha value is -2.07. The van der Waals surface area contributed by atoms with Gasteiger partial charge in [-0.1, -0.05) is 23.7 Å². The summed E-state index contributed by atoms with van der Waals surface area (Å²) in [5.74, 6) is -1.50. The van der Waals surface area contributed by atoms with Crippen LogP contribution in [0.3, 0.4) is 0 Å². The van der Waals surface area contributed by atoms with Crippen LogP contribution >= 0.6 is 11.6 Å². The van der Waals surface area contributed by atoms with Gasteiger partial charge in [0.1, 0.15) is 11.6 Å². The molecule has 0 N–H and O–H groups in total. The molecular weight excluding hydrogens is 296 g/mol. The van der Waals surface area contributed by atoms with E-state index in [0.29, 0.717) is 29.7 Å². The van der Waals surface area contributed by atoms with Gasteiger partial charge in [-0.05, 0) is 23.8 Å². The zero-order valence-corrected chi connectivity index (χ0v) is 11.6. The number of carbonyl (C=O) groups excluding carboxylic acids is 1. The van der Waals surface area contributed by atoms with Gasteiger partial charge in [0.15, 0.2) is 5.78 Å². The number of benzene rings is 2. The number of fused-ring (bicyclic) bond motifs is 1. The van der Waals surface area contributed by atoms with Gasteiger partial charge in [0.25, 0.3) is 0 Å². The minimum atomic E-state index is -0.739. The van der Waals surface area contributed by atoms with E-state index >= 15 is 0 Å². The monoisotopic (exact) mass is 305 g/mol. The number of rotatable bonds is 1. The van der Waals surface area contributed by atoms with Gasteiger partial charge >= 0.3 is 0 Å². The molecule has 1 aliphatic heterocycles. The van der Waals surface area contributed by atoms with E-state index in [1.165, 1.54) is 6.07 Å². The average Bonchev–Trinajstić information content (AvgIpc) is 2.59. The maximum Gasteiger partial charge on any atom is 0.165 e. The molecule has 0 unspecified atom stereocenters. The first-order valence-corrected chi connectivity index (χ1v) is 6.76. The molecule has 0 fully saturated rings. The standard InChI is InChI=1S/C16H10ClF2NO/c17-11-6-13(18)16(14(19)7-11)9-1-2-12-10(5-9)8-20-4-3-15(12)21/h1-2,5-8H,3-4H2. The summed E-state index contributed by atoms with van der Waals surface area (Å²) in [5, 5.41) is 0.000232. The number of hydrogen-bond acceptors (Lipinski definition) is 2. The van der Waals surface area contributed by atoms with Crippen molar-refractivity contribution in [3.8, 4) is 11.1 Å². The molecule has 0 spiro atoms. The van der Waals surface area contributed by atoms with Crippen LogP contribution in [0.5, 0.6) is 0 Å². The van der Waals surface area contributed by atoms with E-state index in [1.807, 2.05) is 0 Å². The number of nitrogens with zero attached hydrogens (tertiary/aromatic N) is 1. The molecule has 106 valence electrons. The maximum atomic E-state index is 14.0. The van der Waals surface area contributed by atoms with Gasteiger partial charge in [-0.25, -0.2) is 8.78 Å². The van der Waals surface area contributed by atoms with Crippen molar-refractivity contribution in [2.75, 3.05) is 6.54 Å². The van der Waals surface area contributed by atoms with E-state index < -0.39 is 11.6 Å². The highest BCUT2D eigenvalue weighted by molar-refractivity contribution is 6.30. The lowest BCUT2D eigenvalue weighted by molar-refractivity contribution is 0.0986. The zero-order chi connectivity index (χ0) is 15.0. The average molecular weight is 306 g/mol. The van der Waals surface area contributed by atoms with Crippen molar-refractivity contribution in [1.29, 1.82) is 0 Å². The van der Waals surface area contributed by atoms with Gasteiger partial charge in [0.2, 0.25) is 0 Å². The van der Waals surface area contributed by atoms with Crippen LogP contribution in [0.1, 0.15) is 22.3 Å². The van der Waals surface area contributed by atoms with Crippen molar-refractivity contribution in [1.82, 2.24) is 0 Å². The molecule has 2 aromatic carbocycles. The Morgan fingerprint density at radius 1 is 1.10 bits per heavy atom. The number of hydrogen-bond donors (Lipinski definition) is 0. The lowest BCUT2D eigenvalue weighted by Crippen LogP contribution is -2.02. The Morgan fingerprint density at radius 2 is 1.81 bits per heavy atom. The van der Waals surface area contributed by atoms with Gasteiger partial charge in [-0.2, -0.15) is 0 Å². The zero-order valence-electron chi connectivity index (χ0n) is 10.9. The molecule has 2 aromatic rings. The highest BCUT2D eigenvalue weighted by Crippen LogP contribution is 2.30. The molecule has 1 aliphatic rings. The Kier molecular flexibility index (Phi) is 3.55. The van der Waals surface area contributed by atoms with Crippen molar-refractivity contribution < 1.29 is 13.6 Å². The second-order valence-corrected chi connectivity index (χ2v) is 5.19. The van der Waals surface area contributed by atoms with E-state index in [4.69, 9.17) is 11.6 Å². The van der Waals surface area contributed by atoms with Gasteiger partial charge in [0.05, 0.1) is 5.56 Å². The molecule has 0 radical (unpaired) electrons. The molecule has 0 bridgehead atoms. The lowest BCUT2D eigenvalue weighted by atomic mass is 9.96. The van der Waals surface area contributed by atoms with Crippen LogP contribution in [-0.2, 0) is 0 Å². The normalized spacial score (nSPS) is 14.0. The van der Waals surface area contributed by atoms with Crippen molar-refractivity contribution in [3.05, 3.63) is 58.1 Å². The third-order valence-corrected chi connectivity index (χ3v) is 3.56. The minimum absolute atomic E-state index is 0.000232.